The molecule has 1 fully saturated rings. The van der Waals surface area contributed by atoms with E-state index in [1.807, 2.05) is 24.4 Å². The van der Waals surface area contributed by atoms with E-state index >= 15 is 0 Å². The first kappa shape index (κ1) is 19.9. The van der Waals surface area contributed by atoms with Crippen molar-refractivity contribution < 1.29 is 24.0 Å². The molecule has 1 aliphatic heterocycles. The molecule has 1 saturated heterocycles. The predicted octanol–water partition coefficient (Wildman–Crippen LogP) is 4.46. The average molecular weight is 424 g/mol. The molecule has 3 aromatic rings. The van der Waals surface area contributed by atoms with E-state index in [0.29, 0.717) is 23.7 Å². The number of hydrogen-bond acceptors (Lipinski definition) is 7. The molecule has 1 aliphatic rings. The van der Waals surface area contributed by atoms with E-state index in [0.717, 1.165) is 11.3 Å². The third-order valence-electron chi connectivity index (χ3n) is 4.72. The smallest absolute Gasteiger partial charge is 0.301 e. The van der Waals surface area contributed by atoms with Crippen molar-refractivity contribution in [2.24, 2.45) is 0 Å². The Labute approximate surface area is 177 Å². The van der Waals surface area contributed by atoms with E-state index < -0.39 is 17.7 Å². The van der Waals surface area contributed by atoms with Gasteiger partial charge in [-0.2, -0.15) is 0 Å². The number of ketones is 1. The van der Waals surface area contributed by atoms with Gasteiger partial charge in [-0.15, -0.1) is 11.3 Å². The van der Waals surface area contributed by atoms with Gasteiger partial charge in [0, 0.05) is 16.5 Å². The number of aryl methyl sites for hydroxylation is 1. The second-order valence-corrected chi connectivity index (χ2v) is 7.83. The van der Waals surface area contributed by atoms with Crippen LogP contribution in [0.1, 0.15) is 35.6 Å². The molecule has 0 spiro atoms. The summed E-state index contributed by atoms with van der Waals surface area (Å²) in [5.74, 6) is -0.350. The highest BCUT2D eigenvalue weighted by atomic mass is 32.1. The van der Waals surface area contributed by atoms with Crippen molar-refractivity contribution in [2.75, 3.05) is 11.5 Å². The molecule has 1 amide bonds. The number of Topliss-reactive ketones (excluding diaryl/α,β-unsaturated/α-hetero) is 1. The summed E-state index contributed by atoms with van der Waals surface area (Å²) < 4.78 is 10.7. The second-order valence-electron chi connectivity index (χ2n) is 6.85. The van der Waals surface area contributed by atoms with E-state index in [1.165, 1.54) is 16.2 Å². The van der Waals surface area contributed by atoms with E-state index in [-0.39, 0.29) is 17.2 Å². The number of carbonyl (C=O) groups is 2. The predicted molar refractivity (Wildman–Crippen MR) is 113 cm³/mol. The molecule has 2 aromatic heterocycles. The largest absolute Gasteiger partial charge is 0.507 e. The zero-order chi connectivity index (χ0) is 21.3. The van der Waals surface area contributed by atoms with Gasteiger partial charge in [0.25, 0.3) is 5.78 Å². The Bertz CT molecular complexity index is 1100. The summed E-state index contributed by atoms with van der Waals surface area (Å²) in [6.45, 7) is 4.31. The summed E-state index contributed by atoms with van der Waals surface area (Å²) in [5.41, 5.74) is 0.445. The van der Waals surface area contributed by atoms with Crippen LogP contribution in [-0.2, 0) is 9.59 Å². The van der Waals surface area contributed by atoms with Gasteiger partial charge in [0.1, 0.15) is 23.3 Å². The number of ether oxygens (including phenoxy) is 1. The van der Waals surface area contributed by atoms with Crippen LogP contribution in [0.5, 0.6) is 5.75 Å². The molecule has 0 bridgehead atoms. The van der Waals surface area contributed by atoms with E-state index in [4.69, 9.17) is 9.26 Å². The highest BCUT2D eigenvalue weighted by molar-refractivity contribution is 7.10. The van der Waals surface area contributed by atoms with Crippen molar-refractivity contribution >= 4 is 34.6 Å². The zero-order valence-electron chi connectivity index (χ0n) is 16.5. The average Bonchev–Trinajstić information content (AvgIpc) is 3.47. The van der Waals surface area contributed by atoms with E-state index in [2.05, 4.69) is 5.16 Å². The van der Waals surface area contributed by atoms with Gasteiger partial charge < -0.3 is 14.4 Å². The lowest BCUT2D eigenvalue weighted by atomic mass is 10.00. The number of aliphatic hydroxyl groups excluding tert-OH is 1. The van der Waals surface area contributed by atoms with Crippen LogP contribution in [0.3, 0.4) is 0 Å². The lowest BCUT2D eigenvalue weighted by Gasteiger charge is -2.21. The number of hydrogen-bond donors (Lipinski definition) is 1. The lowest BCUT2D eigenvalue weighted by molar-refractivity contribution is -0.132. The van der Waals surface area contributed by atoms with Gasteiger partial charge in [-0.05, 0) is 49.1 Å². The number of thiophene rings is 1. The normalized spacial score (nSPS) is 18.2. The monoisotopic (exact) mass is 424 g/mol. The van der Waals surface area contributed by atoms with Crippen LogP contribution in [0.2, 0.25) is 0 Å². The third kappa shape index (κ3) is 3.50. The maximum Gasteiger partial charge on any atom is 0.301 e. The van der Waals surface area contributed by atoms with Crippen LogP contribution >= 0.6 is 11.3 Å². The van der Waals surface area contributed by atoms with Crippen LogP contribution in [-0.4, -0.2) is 28.6 Å². The van der Waals surface area contributed by atoms with Gasteiger partial charge >= 0.3 is 5.91 Å². The van der Waals surface area contributed by atoms with Crippen LogP contribution in [0, 0.1) is 6.92 Å². The lowest BCUT2D eigenvalue weighted by Crippen LogP contribution is -2.29. The minimum absolute atomic E-state index is 0.0188. The minimum Gasteiger partial charge on any atom is -0.507 e. The number of anilines is 1. The van der Waals surface area contributed by atoms with Gasteiger partial charge in [0.2, 0.25) is 0 Å². The molecule has 1 unspecified atom stereocenters. The maximum absolute atomic E-state index is 12.9. The standard InChI is InChI=1S/C22H20N2O5S/c1-3-10-28-15-8-6-14(7-9-15)20(25)18-19(16-5-4-11-30-16)24(22(27)21(18)26)17-12-13(2)29-23-17/h4-9,11-12,19,25H,3,10H2,1-2H3/b20-18+. The van der Waals surface area contributed by atoms with Crippen molar-refractivity contribution in [3.63, 3.8) is 0 Å². The van der Waals surface area contributed by atoms with E-state index in [9.17, 15) is 14.7 Å². The van der Waals surface area contributed by atoms with Crippen LogP contribution in [0.25, 0.3) is 5.76 Å². The van der Waals surface area contributed by atoms with Gasteiger partial charge in [-0.3, -0.25) is 14.5 Å². The molecule has 7 nitrogen and oxygen atoms in total. The molecular weight excluding hydrogens is 404 g/mol. The summed E-state index contributed by atoms with van der Waals surface area (Å²) in [5, 5.41) is 16.8. The number of nitrogens with zero attached hydrogens (tertiary/aromatic N) is 2. The van der Waals surface area contributed by atoms with Crippen molar-refractivity contribution in [3.8, 4) is 5.75 Å². The summed E-state index contributed by atoms with van der Waals surface area (Å²) in [6.07, 6.45) is 0.882. The number of aliphatic hydroxyl groups is 1. The summed E-state index contributed by atoms with van der Waals surface area (Å²) in [6, 6.07) is 11.2. The Balaban J connectivity index is 1.80. The molecule has 1 N–H and O–H groups in total. The van der Waals surface area contributed by atoms with Crippen LogP contribution < -0.4 is 9.64 Å². The minimum atomic E-state index is -0.787. The first-order valence-corrected chi connectivity index (χ1v) is 10.4. The van der Waals surface area contributed by atoms with Crippen molar-refractivity contribution in [2.45, 2.75) is 26.3 Å². The van der Waals surface area contributed by atoms with Crippen LogP contribution in [0.15, 0.2) is 57.9 Å². The van der Waals surface area contributed by atoms with Gasteiger partial charge in [0.15, 0.2) is 5.82 Å². The fourth-order valence-electron chi connectivity index (χ4n) is 3.34. The van der Waals surface area contributed by atoms with Crippen molar-refractivity contribution in [3.05, 3.63) is 69.6 Å². The van der Waals surface area contributed by atoms with Gasteiger partial charge in [0.05, 0.1) is 12.2 Å². The summed E-state index contributed by atoms with van der Waals surface area (Å²) >= 11 is 1.39. The zero-order valence-corrected chi connectivity index (χ0v) is 17.3. The quantitative estimate of drug-likeness (QED) is 0.357. The number of carbonyl (C=O) groups excluding carboxylic acids is 2. The molecule has 3 heterocycles. The molecular formula is C22H20N2O5S. The maximum atomic E-state index is 12.9. The fraction of sp³-hybridized carbons (Fsp3) is 0.227. The molecule has 4 rings (SSSR count). The Morgan fingerprint density at radius 3 is 2.63 bits per heavy atom. The molecule has 0 saturated carbocycles. The van der Waals surface area contributed by atoms with Crippen molar-refractivity contribution in [1.82, 2.24) is 5.16 Å². The number of amides is 1. The third-order valence-corrected chi connectivity index (χ3v) is 5.64. The molecule has 0 radical (unpaired) electrons. The highest BCUT2D eigenvalue weighted by Gasteiger charge is 2.48. The molecule has 1 atom stereocenters. The second kappa shape index (κ2) is 8.16. The Kier molecular flexibility index (Phi) is 5.41. The Morgan fingerprint density at radius 1 is 1.27 bits per heavy atom. The SMILES string of the molecule is CCCOc1ccc(/C(O)=C2\C(=O)C(=O)N(c3cc(C)on3)C2c2cccs2)cc1. The fourth-order valence-corrected chi connectivity index (χ4v) is 4.16. The van der Waals surface area contributed by atoms with Crippen LogP contribution in [0.4, 0.5) is 5.82 Å². The number of rotatable bonds is 6. The molecule has 1 aromatic carbocycles. The Morgan fingerprint density at radius 2 is 2.03 bits per heavy atom. The molecule has 154 valence electrons. The van der Waals surface area contributed by atoms with Gasteiger partial charge in [-0.25, -0.2) is 0 Å². The summed E-state index contributed by atoms with van der Waals surface area (Å²) in [4.78, 5) is 27.8. The van der Waals surface area contributed by atoms with Crippen molar-refractivity contribution in [1.29, 1.82) is 0 Å². The highest BCUT2D eigenvalue weighted by Crippen LogP contribution is 2.43. The van der Waals surface area contributed by atoms with E-state index in [1.54, 1.807) is 37.3 Å². The summed E-state index contributed by atoms with van der Waals surface area (Å²) in [7, 11) is 0. The first-order chi connectivity index (χ1) is 14.5. The molecule has 8 heteroatoms. The molecule has 0 aliphatic carbocycles. The first-order valence-electron chi connectivity index (χ1n) is 9.52. The molecule has 30 heavy (non-hydrogen) atoms. The topological polar surface area (TPSA) is 92.9 Å². The Hall–Kier alpha value is -3.39. The number of benzene rings is 1. The number of aromatic nitrogens is 1. The van der Waals surface area contributed by atoms with Gasteiger partial charge in [-0.1, -0.05) is 18.1 Å².